The summed E-state index contributed by atoms with van der Waals surface area (Å²) in [6, 6.07) is 0. The van der Waals surface area contributed by atoms with Crippen LogP contribution in [-0.4, -0.2) is 12.7 Å². The minimum absolute atomic E-state index is 0.427. The van der Waals surface area contributed by atoms with E-state index < -0.39 is 0 Å². The molecule has 0 saturated carbocycles. The van der Waals surface area contributed by atoms with E-state index in [0.717, 1.165) is 18.4 Å². The molecule has 0 saturated heterocycles. The van der Waals surface area contributed by atoms with Crippen LogP contribution < -0.4 is 0 Å². The average Bonchev–Trinajstić information content (AvgIpc) is 1.90. The predicted molar refractivity (Wildman–Crippen MR) is 45.1 cm³/mol. The highest BCUT2D eigenvalue weighted by molar-refractivity contribution is 4.87. The molecule has 0 bridgehead atoms. The molecule has 0 aliphatic heterocycles. The topological polar surface area (TPSA) is 9.23 Å². The Bertz CT molecular complexity index is 92.9. The summed E-state index contributed by atoms with van der Waals surface area (Å²) in [6.45, 7) is 10.8. The third-order valence-corrected chi connectivity index (χ3v) is 1.48. The van der Waals surface area contributed by atoms with E-state index in [2.05, 4.69) is 20.4 Å². The maximum absolute atomic E-state index is 5.50. The SMILES string of the molecule is C=C(C)COC(CC)CC. The molecule has 1 nitrogen and oxygen atoms in total. The molecule has 0 aromatic carbocycles. The van der Waals surface area contributed by atoms with E-state index in [-0.39, 0.29) is 0 Å². The molecule has 0 amide bonds. The van der Waals surface area contributed by atoms with Gasteiger partial charge in [0.2, 0.25) is 0 Å². The van der Waals surface area contributed by atoms with Crippen LogP contribution in [0.25, 0.3) is 0 Å². The van der Waals surface area contributed by atoms with Gasteiger partial charge >= 0.3 is 0 Å². The van der Waals surface area contributed by atoms with Gasteiger partial charge < -0.3 is 4.74 Å². The van der Waals surface area contributed by atoms with Crippen LogP contribution in [0.4, 0.5) is 0 Å². The zero-order valence-corrected chi connectivity index (χ0v) is 7.31. The fraction of sp³-hybridized carbons (Fsp3) is 0.778. The van der Waals surface area contributed by atoms with Crippen molar-refractivity contribution < 1.29 is 4.74 Å². The molecule has 0 spiro atoms. The van der Waals surface area contributed by atoms with Crippen molar-refractivity contribution in [2.24, 2.45) is 0 Å². The Morgan fingerprint density at radius 2 is 1.90 bits per heavy atom. The first kappa shape index (κ1) is 9.70. The van der Waals surface area contributed by atoms with Crippen molar-refractivity contribution in [1.82, 2.24) is 0 Å². The summed E-state index contributed by atoms with van der Waals surface area (Å²) in [5.41, 5.74) is 1.10. The van der Waals surface area contributed by atoms with Gasteiger partial charge in [-0.15, -0.1) is 0 Å². The second kappa shape index (κ2) is 5.48. The Morgan fingerprint density at radius 3 is 2.20 bits per heavy atom. The molecule has 0 fully saturated rings. The van der Waals surface area contributed by atoms with E-state index in [9.17, 15) is 0 Å². The molecule has 0 heterocycles. The minimum Gasteiger partial charge on any atom is -0.374 e. The molecule has 0 radical (unpaired) electrons. The highest BCUT2D eigenvalue weighted by atomic mass is 16.5. The van der Waals surface area contributed by atoms with Gasteiger partial charge in [0.15, 0.2) is 0 Å². The first-order valence-electron chi connectivity index (χ1n) is 3.96. The Labute approximate surface area is 64.1 Å². The van der Waals surface area contributed by atoms with Gasteiger partial charge in [-0.1, -0.05) is 26.0 Å². The van der Waals surface area contributed by atoms with Crippen molar-refractivity contribution in [2.45, 2.75) is 39.7 Å². The van der Waals surface area contributed by atoms with Crippen LogP contribution in [0.15, 0.2) is 12.2 Å². The van der Waals surface area contributed by atoms with Crippen molar-refractivity contribution in [3.8, 4) is 0 Å². The van der Waals surface area contributed by atoms with Crippen molar-refractivity contribution in [3.63, 3.8) is 0 Å². The summed E-state index contributed by atoms with van der Waals surface area (Å²) >= 11 is 0. The number of rotatable bonds is 5. The third-order valence-electron chi connectivity index (χ3n) is 1.48. The fourth-order valence-electron chi connectivity index (χ4n) is 0.784. The Kier molecular flexibility index (Phi) is 5.32. The molecule has 0 atom stereocenters. The number of ether oxygens (including phenoxy) is 1. The van der Waals surface area contributed by atoms with Crippen molar-refractivity contribution in [2.75, 3.05) is 6.61 Å². The van der Waals surface area contributed by atoms with E-state index in [4.69, 9.17) is 4.74 Å². The molecule has 1 heteroatoms. The Morgan fingerprint density at radius 1 is 1.40 bits per heavy atom. The van der Waals surface area contributed by atoms with Crippen LogP contribution in [0.2, 0.25) is 0 Å². The molecule has 60 valence electrons. The highest BCUT2D eigenvalue weighted by Crippen LogP contribution is 2.03. The molecular formula is C9H18O. The quantitative estimate of drug-likeness (QED) is 0.536. The number of hydrogen-bond donors (Lipinski definition) is 0. The zero-order chi connectivity index (χ0) is 7.98. The lowest BCUT2D eigenvalue weighted by Gasteiger charge is -2.12. The molecule has 0 aliphatic rings. The van der Waals surface area contributed by atoms with Gasteiger partial charge in [0.05, 0.1) is 12.7 Å². The van der Waals surface area contributed by atoms with Gasteiger partial charge in [-0.25, -0.2) is 0 Å². The molecule has 0 rings (SSSR count). The summed E-state index contributed by atoms with van der Waals surface area (Å²) in [6.07, 6.45) is 2.63. The molecule has 10 heavy (non-hydrogen) atoms. The second-order valence-corrected chi connectivity index (χ2v) is 2.71. The van der Waals surface area contributed by atoms with Gasteiger partial charge in [0.25, 0.3) is 0 Å². The van der Waals surface area contributed by atoms with E-state index in [1.807, 2.05) is 6.92 Å². The molecule has 0 aromatic rings. The van der Waals surface area contributed by atoms with Gasteiger partial charge in [-0.3, -0.25) is 0 Å². The summed E-state index contributed by atoms with van der Waals surface area (Å²) in [5.74, 6) is 0. The van der Waals surface area contributed by atoms with Crippen molar-refractivity contribution in [3.05, 3.63) is 12.2 Å². The summed E-state index contributed by atoms with van der Waals surface area (Å²) in [7, 11) is 0. The molecule has 0 unspecified atom stereocenters. The van der Waals surface area contributed by atoms with Crippen LogP contribution in [0.3, 0.4) is 0 Å². The lowest BCUT2D eigenvalue weighted by Crippen LogP contribution is -2.11. The fourth-order valence-corrected chi connectivity index (χ4v) is 0.784. The average molecular weight is 142 g/mol. The van der Waals surface area contributed by atoms with Gasteiger partial charge in [0, 0.05) is 0 Å². The van der Waals surface area contributed by atoms with Crippen LogP contribution in [0.1, 0.15) is 33.6 Å². The maximum Gasteiger partial charge on any atom is 0.0675 e. The monoisotopic (exact) mass is 142 g/mol. The highest BCUT2D eigenvalue weighted by Gasteiger charge is 2.01. The van der Waals surface area contributed by atoms with Crippen LogP contribution in [0, 0.1) is 0 Å². The molecule has 0 aromatic heterocycles. The summed E-state index contributed by atoms with van der Waals surface area (Å²) < 4.78 is 5.50. The zero-order valence-electron chi connectivity index (χ0n) is 7.31. The smallest absolute Gasteiger partial charge is 0.0675 e. The second-order valence-electron chi connectivity index (χ2n) is 2.71. The largest absolute Gasteiger partial charge is 0.374 e. The minimum atomic E-state index is 0.427. The van der Waals surface area contributed by atoms with Crippen LogP contribution >= 0.6 is 0 Å². The van der Waals surface area contributed by atoms with Gasteiger partial charge in [-0.05, 0) is 19.8 Å². The van der Waals surface area contributed by atoms with E-state index in [1.165, 1.54) is 0 Å². The predicted octanol–water partition coefficient (Wildman–Crippen LogP) is 2.77. The van der Waals surface area contributed by atoms with Gasteiger partial charge in [-0.2, -0.15) is 0 Å². The standard InChI is InChI=1S/C9H18O/c1-5-9(6-2)10-7-8(3)4/h9H,3,5-7H2,1-2,4H3. The van der Waals surface area contributed by atoms with E-state index >= 15 is 0 Å². The molecule has 0 aliphatic carbocycles. The van der Waals surface area contributed by atoms with E-state index in [1.54, 1.807) is 0 Å². The van der Waals surface area contributed by atoms with E-state index in [0.29, 0.717) is 12.7 Å². The van der Waals surface area contributed by atoms with Gasteiger partial charge in [0.1, 0.15) is 0 Å². The first-order chi connectivity index (χ1) is 4.70. The lowest BCUT2D eigenvalue weighted by atomic mass is 10.2. The van der Waals surface area contributed by atoms with Crippen molar-refractivity contribution >= 4 is 0 Å². The Hall–Kier alpha value is -0.300. The van der Waals surface area contributed by atoms with Crippen LogP contribution in [0.5, 0.6) is 0 Å². The summed E-state index contributed by atoms with van der Waals surface area (Å²) in [4.78, 5) is 0. The summed E-state index contributed by atoms with van der Waals surface area (Å²) in [5, 5.41) is 0. The molecular weight excluding hydrogens is 124 g/mol. The normalized spacial score (nSPS) is 10.4. The van der Waals surface area contributed by atoms with Crippen molar-refractivity contribution in [1.29, 1.82) is 0 Å². The molecule has 0 N–H and O–H groups in total. The lowest BCUT2D eigenvalue weighted by molar-refractivity contribution is 0.0645. The first-order valence-corrected chi connectivity index (χ1v) is 3.96. The number of hydrogen-bond acceptors (Lipinski definition) is 1. The maximum atomic E-state index is 5.50. The Balaban J connectivity index is 3.34. The van der Waals surface area contributed by atoms with Crippen LogP contribution in [-0.2, 0) is 4.74 Å². The third kappa shape index (κ3) is 4.57.